The van der Waals surface area contributed by atoms with E-state index in [-0.39, 0.29) is 24.1 Å². The second-order valence-corrected chi connectivity index (χ2v) is 6.94. The monoisotopic (exact) mass is 353 g/mol. The summed E-state index contributed by atoms with van der Waals surface area (Å²) in [7, 11) is 0. The average Bonchev–Trinajstić information content (AvgIpc) is 2.93. The molecule has 4 rings (SSSR count). The van der Waals surface area contributed by atoms with E-state index in [0.717, 1.165) is 12.0 Å². The van der Waals surface area contributed by atoms with Gasteiger partial charge in [-0.2, -0.15) is 0 Å². The van der Waals surface area contributed by atoms with Crippen molar-refractivity contribution in [3.63, 3.8) is 0 Å². The maximum absolute atomic E-state index is 13.7. The van der Waals surface area contributed by atoms with E-state index in [9.17, 15) is 14.0 Å². The predicted octanol–water partition coefficient (Wildman–Crippen LogP) is 3.45. The smallest absolute Gasteiger partial charge is 0.339 e. The summed E-state index contributed by atoms with van der Waals surface area (Å²) < 4.78 is 19.5. The molecule has 0 aliphatic carbocycles. The molecular weight excluding hydrogens is 333 g/mol. The highest BCUT2D eigenvalue weighted by atomic mass is 19.1. The topological polar surface area (TPSA) is 46.6 Å². The maximum Gasteiger partial charge on any atom is 0.339 e. The van der Waals surface area contributed by atoms with Crippen molar-refractivity contribution >= 4 is 11.9 Å². The summed E-state index contributed by atoms with van der Waals surface area (Å²) in [6, 6.07) is 13.9. The van der Waals surface area contributed by atoms with Gasteiger partial charge < -0.3 is 9.64 Å². The summed E-state index contributed by atoms with van der Waals surface area (Å²) in [5.74, 6) is -0.636. The van der Waals surface area contributed by atoms with Crippen molar-refractivity contribution in [3.8, 4) is 0 Å². The molecule has 134 valence electrons. The van der Waals surface area contributed by atoms with Crippen LogP contribution in [0.1, 0.15) is 40.7 Å². The Morgan fingerprint density at radius 1 is 1.15 bits per heavy atom. The minimum absolute atomic E-state index is 0.0345. The molecule has 2 aliphatic heterocycles. The van der Waals surface area contributed by atoms with Crippen LogP contribution in [-0.4, -0.2) is 29.9 Å². The van der Waals surface area contributed by atoms with Gasteiger partial charge in [0.15, 0.2) is 5.60 Å². The van der Waals surface area contributed by atoms with Gasteiger partial charge in [0.1, 0.15) is 5.82 Å². The highest BCUT2D eigenvalue weighted by Crippen LogP contribution is 2.42. The molecule has 0 saturated carbocycles. The third-order valence-electron chi connectivity index (χ3n) is 5.30. The van der Waals surface area contributed by atoms with Crippen LogP contribution in [0.5, 0.6) is 0 Å². The first-order valence-electron chi connectivity index (χ1n) is 8.93. The van der Waals surface area contributed by atoms with Crippen LogP contribution < -0.4 is 0 Å². The van der Waals surface area contributed by atoms with Crippen LogP contribution in [-0.2, 0) is 21.6 Å². The fourth-order valence-corrected chi connectivity index (χ4v) is 3.98. The van der Waals surface area contributed by atoms with Crippen molar-refractivity contribution in [3.05, 3.63) is 71.0 Å². The van der Waals surface area contributed by atoms with E-state index in [0.29, 0.717) is 37.1 Å². The molecule has 0 aromatic heterocycles. The fourth-order valence-electron chi connectivity index (χ4n) is 3.98. The number of hydrogen-bond donors (Lipinski definition) is 0. The van der Waals surface area contributed by atoms with E-state index in [1.54, 1.807) is 29.2 Å². The van der Waals surface area contributed by atoms with E-state index < -0.39 is 5.60 Å². The zero-order chi connectivity index (χ0) is 18.1. The molecule has 1 atom stereocenters. The van der Waals surface area contributed by atoms with Crippen LogP contribution in [0.2, 0.25) is 0 Å². The lowest BCUT2D eigenvalue weighted by atomic mass is 9.85. The number of likely N-dealkylation sites (tertiary alicyclic amines) is 1. The van der Waals surface area contributed by atoms with Gasteiger partial charge in [0, 0.05) is 18.5 Å². The first-order valence-corrected chi connectivity index (χ1v) is 8.93. The number of piperidine rings is 1. The third kappa shape index (κ3) is 2.87. The first-order chi connectivity index (χ1) is 12.6. The molecule has 1 spiro atoms. The third-order valence-corrected chi connectivity index (χ3v) is 5.30. The molecule has 4 nitrogen and oxygen atoms in total. The molecule has 5 heteroatoms. The number of fused-ring (bicyclic) bond motifs is 2. The molecule has 2 aromatic rings. The second-order valence-electron chi connectivity index (χ2n) is 6.94. The Morgan fingerprint density at radius 2 is 1.92 bits per heavy atom. The first kappa shape index (κ1) is 16.8. The molecule has 2 heterocycles. The van der Waals surface area contributed by atoms with Crippen LogP contribution in [0.4, 0.5) is 4.39 Å². The summed E-state index contributed by atoms with van der Waals surface area (Å²) in [5.41, 5.74) is 1.27. The Balaban J connectivity index is 1.48. The Morgan fingerprint density at radius 3 is 2.77 bits per heavy atom. The normalized spacial score (nSPS) is 21.6. The zero-order valence-electron chi connectivity index (χ0n) is 14.4. The quantitative estimate of drug-likeness (QED) is 0.794. The molecule has 2 aliphatic rings. The number of aryl methyl sites for hydroxylation is 1. The van der Waals surface area contributed by atoms with E-state index in [2.05, 4.69) is 0 Å². The molecule has 1 unspecified atom stereocenters. The number of hydrogen-bond acceptors (Lipinski definition) is 3. The van der Waals surface area contributed by atoms with Gasteiger partial charge in [-0.05, 0) is 37.0 Å². The highest BCUT2D eigenvalue weighted by molar-refractivity contribution is 5.95. The van der Waals surface area contributed by atoms with Crippen LogP contribution in [0, 0.1) is 5.82 Å². The van der Waals surface area contributed by atoms with Crippen molar-refractivity contribution in [2.45, 2.75) is 31.3 Å². The van der Waals surface area contributed by atoms with Crippen LogP contribution >= 0.6 is 0 Å². The molecular formula is C21H20FNO3. The molecule has 1 amide bonds. The van der Waals surface area contributed by atoms with E-state index in [4.69, 9.17) is 4.74 Å². The van der Waals surface area contributed by atoms with Crippen molar-refractivity contribution in [2.24, 2.45) is 0 Å². The summed E-state index contributed by atoms with van der Waals surface area (Å²) in [6.07, 6.45) is 2.10. The second kappa shape index (κ2) is 6.56. The van der Waals surface area contributed by atoms with Gasteiger partial charge in [-0.25, -0.2) is 9.18 Å². The van der Waals surface area contributed by atoms with Crippen molar-refractivity contribution < 1.29 is 18.7 Å². The number of benzene rings is 2. The Bertz CT molecular complexity index is 866. The lowest BCUT2D eigenvalue weighted by Gasteiger charge is -2.39. The number of amides is 1. The van der Waals surface area contributed by atoms with Gasteiger partial charge in [-0.3, -0.25) is 4.79 Å². The van der Waals surface area contributed by atoms with Gasteiger partial charge in [-0.15, -0.1) is 0 Å². The fraction of sp³-hybridized carbons (Fsp3) is 0.333. The summed E-state index contributed by atoms with van der Waals surface area (Å²) >= 11 is 0. The largest absolute Gasteiger partial charge is 0.449 e. The van der Waals surface area contributed by atoms with E-state index in [1.165, 1.54) is 6.07 Å². The van der Waals surface area contributed by atoms with Gasteiger partial charge >= 0.3 is 5.97 Å². The summed E-state index contributed by atoms with van der Waals surface area (Å²) in [5, 5.41) is 0. The van der Waals surface area contributed by atoms with Crippen molar-refractivity contribution in [2.75, 3.05) is 13.1 Å². The summed E-state index contributed by atoms with van der Waals surface area (Å²) in [6.45, 7) is 1.00. The van der Waals surface area contributed by atoms with E-state index >= 15 is 0 Å². The zero-order valence-corrected chi connectivity index (χ0v) is 14.4. The molecule has 26 heavy (non-hydrogen) atoms. The number of ether oxygens (including phenoxy) is 1. The number of carbonyl (C=O) groups excluding carboxylic acids is 2. The Hall–Kier alpha value is -2.69. The standard InChI is InChI=1S/C21H20FNO3/c22-18-9-4-1-6-15(18)10-11-19(24)23-13-5-12-21(14-23)17-8-3-2-7-16(17)20(25)26-21/h1-4,6-9H,5,10-14H2. The molecule has 0 radical (unpaired) electrons. The molecule has 0 N–H and O–H groups in total. The SMILES string of the molecule is O=C1OC2(CCCN(C(=O)CCc3ccccc3F)C2)c2ccccc21. The highest BCUT2D eigenvalue weighted by Gasteiger charge is 2.48. The van der Waals surface area contributed by atoms with Gasteiger partial charge in [0.25, 0.3) is 0 Å². The molecule has 0 bridgehead atoms. The average molecular weight is 353 g/mol. The van der Waals surface area contributed by atoms with Crippen molar-refractivity contribution in [1.29, 1.82) is 0 Å². The maximum atomic E-state index is 13.7. The van der Waals surface area contributed by atoms with Crippen LogP contribution in [0.15, 0.2) is 48.5 Å². The van der Waals surface area contributed by atoms with Gasteiger partial charge in [0.05, 0.1) is 12.1 Å². The molecule has 1 saturated heterocycles. The van der Waals surface area contributed by atoms with Crippen molar-refractivity contribution in [1.82, 2.24) is 4.90 Å². The minimum atomic E-state index is -0.737. The predicted molar refractivity (Wildman–Crippen MR) is 94.1 cm³/mol. The Kier molecular flexibility index (Phi) is 4.23. The van der Waals surface area contributed by atoms with Crippen LogP contribution in [0.3, 0.4) is 0 Å². The number of esters is 1. The van der Waals surface area contributed by atoms with Gasteiger partial charge in [-0.1, -0.05) is 36.4 Å². The Labute approximate surface area is 151 Å². The lowest BCUT2D eigenvalue weighted by Crippen LogP contribution is -2.48. The van der Waals surface area contributed by atoms with Gasteiger partial charge in [0.2, 0.25) is 5.91 Å². The number of nitrogens with zero attached hydrogens (tertiary/aromatic N) is 1. The number of halogens is 1. The lowest BCUT2D eigenvalue weighted by molar-refractivity contribution is -0.138. The minimum Gasteiger partial charge on any atom is -0.449 e. The molecule has 2 aromatic carbocycles. The summed E-state index contributed by atoms with van der Waals surface area (Å²) in [4.78, 5) is 26.6. The number of rotatable bonds is 3. The number of carbonyl (C=O) groups is 2. The molecule has 1 fully saturated rings. The van der Waals surface area contributed by atoms with E-state index in [1.807, 2.05) is 18.2 Å². The van der Waals surface area contributed by atoms with Crippen LogP contribution in [0.25, 0.3) is 0 Å².